The quantitative estimate of drug-likeness (QED) is 0.646. The third-order valence-corrected chi connectivity index (χ3v) is 2.20. The fourth-order valence-corrected chi connectivity index (χ4v) is 1.66. The Morgan fingerprint density at radius 2 is 1.91 bits per heavy atom. The molecule has 0 atom stereocenters. The number of hydrogen-bond donors (Lipinski definition) is 1. The van der Waals surface area contributed by atoms with E-state index in [1.807, 2.05) is 0 Å². The van der Waals surface area contributed by atoms with Crippen LogP contribution in [0.4, 0.5) is 0 Å². The fraction of sp³-hybridized carbons (Fsp3) is 0.800. The number of aliphatic hydroxyl groups excluding tert-OH is 1. The lowest BCUT2D eigenvalue weighted by atomic mass is 9.91. The highest BCUT2D eigenvalue weighted by atomic mass is 16.3. The van der Waals surface area contributed by atoms with Crippen LogP contribution in [0, 0.1) is 5.92 Å². The Bertz CT molecular complexity index is 156. The van der Waals surface area contributed by atoms with E-state index in [4.69, 9.17) is 0 Å². The Hall–Kier alpha value is -0.460. The molecule has 0 aromatic carbocycles. The van der Waals surface area contributed by atoms with Crippen molar-refractivity contribution in [1.29, 1.82) is 0 Å². The fourth-order valence-electron chi connectivity index (χ4n) is 1.66. The molecule has 0 radical (unpaired) electrons. The molecule has 0 fully saturated rings. The largest absolute Gasteiger partial charge is 0.512 e. The van der Waals surface area contributed by atoms with Crippen molar-refractivity contribution in [3.8, 4) is 0 Å². The number of allylic oxidation sites excluding steroid dienone is 2. The molecule has 0 heterocycles. The molecule has 1 N–H and O–H groups in total. The molecular weight excluding hydrogens is 136 g/mol. The van der Waals surface area contributed by atoms with Gasteiger partial charge >= 0.3 is 0 Å². The van der Waals surface area contributed by atoms with Crippen LogP contribution in [0.1, 0.15) is 46.0 Å². The van der Waals surface area contributed by atoms with Crippen molar-refractivity contribution in [2.24, 2.45) is 5.92 Å². The van der Waals surface area contributed by atoms with Crippen molar-refractivity contribution in [2.75, 3.05) is 0 Å². The third kappa shape index (κ3) is 2.57. The molecular formula is C10H18O. The molecule has 0 aliphatic heterocycles. The van der Waals surface area contributed by atoms with Crippen LogP contribution in [-0.2, 0) is 0 Å². The van der Waals surface area contributed by atoms with Crippen molar-refractivity contribution in [3.63, 3.8) is 0 Å². The summed E-state index contributed by atoms with van der Waals surface area (Å²) in [5, 5.41) is 9.50. The van der Waals surface area contributed by atoms with Gasteiger partial charge in [0.05, 0.1) is 5.76 Å². The minimum atomic E-state index is 0.685. The molecule has 11 heavy (non-hydrogen) atoms. The SMILES string of the molecule is CC(C)CC1=C(O)CCCC1. The summed E-state index contributed by atoms with van der Waals surface area (Å²) in [4.78, 5) is 0. The lowest BCUT2D eigenvalue weighted by Gasteiger charge is -2.17. The van der Waals surface area contributed by atoms with E-state index in [9.17, 15) is 5.11 Å². The van der Waals surface area contributed by atoms with Gasteiger partial charge in [0.25, 0.3) is 0 Å². The zero-order valence-electron chi connectivity index (χ0n) is 7.56. The minimum Gasteiger partial charge on any atom is -0.512 e. The van der Waals surface area contributed by atoms with Gasteiger partial charge in [-0.05, 0) is 37.2 Å². The molecule has 0 unspecified atom stereocenters. The molecule has 64 valence electrons. The number of hydrogen-bond acceptors (Lipinski definition) is 1. The third-order valence-electron chi connectivity index (χ3n) is 2.20. The summed E-state index contributed by atoms with van der Waals surface area (Å²) in [5.74, 6) is 1.37. The molecule has 1 heteroatoms. The van der Waals surface area contributed by atoms with E-state index in [1.165, 1.54) is 18.4 Å². The molecule has 1 aliphatic carbocycles. The van der Waals surface area contributed by atoms with E-state index in [0.717, 1.165) is 19.3 Å². The summed E-state index contributed by atoms with van der Waals surface area (Å²) >= 11 is 0. The summed E-state index contributed by atoms with van der Waals surface area (Å²) in [6, 6.07) is 0. The maximum atomic E-state index is 9.50. The number of aliphatic hydroxyl groups is 1. The molecule has 0 aromatic rings. The molecule has 0 bridgehead atoms. The summed E-state index contributed by atoms with van der Waals surface area (Å²) in [6.07, 6.45) is 5.58. The molecule has 1 nitrogen and oxygen atoms in total. The monoisotopic (exact) mass is 154 g/mol. The van der Waals surface area contributed by atoms with Crippen molar-refractivity contribution < 1.29 is 5.11 Å². The molecule has 1 rings (SSSR count). The Morgan fingerprint density at radius 3 is 2.45 bits per heavy atom. The smallest absolute Gasteiger partial charge is 0.0914 e. The van der Waals surface area contributed by atoms with E-state index in [1.54, 1.807) is 0 Å². The zero-order valence-corrected chi connectivity index (χ0v) is 7.56. The molecule has 0 saturated heterocycles. The average Bonchev–Trinajstić information content (AvgIpc) is 1.93. The Labute approximate surface area is 69.1 Å². The second-order valence-electron chi connectivity index (χ2n) is 3.86. The standard InChI is InChI=1S/C10H18O/c1-8(2)7-9-5-3-4-6-10(9)11/h8,11H,3-7H2,1-2H3. The second kappa shape index (κ2) is 3.80. The molecule has 0 saturated carbocycles. The summed E-state index contributed by atoms with van der Waals surface area (Å²) in [7, 11) is 0. The Kier molecular flexibility index (Phi) is 2.98. The summed E-state index contributed by atoms with van der Waals surface area (Å²) in [5.41, 5.74) is 1.31. The second-order valence-corrected chi connectivity index (χ2v) is 3.86. The minimum absolute atomic E-state index is 0.685. The van der Waals surface area contributed by atoms with Crippen LogP contribution in [0.3, 0.4) is 0 Å². The highest BCUT2D eigenvalue weighted by Gasteiger charge is 2.12. The van der Waals surface area contributed by atoms with Gasteiger partial charge in [0, 0.05) is 6.42 Å². The van der Waals surface area contributed by atoms with Crippen LogP contribution in [-0.4, -0.2) is 5.11 Å². The van der Waals surface area contributed by atoms with E-state index < -0.39 is 0 Å². The van der Waals surface area contributed by atoms with Gasteiger partial charge in [-0.15, -0.1) is 0 Å². The van der Waals surface area contributed by atoms with Crippen molar-refractivity contribution in [1.82, 2.24) is 0 Å². The van der Waals surface area contributed by atoms with Crippen LogP contribution in [0.2, 0.25) is 0 Å². The van der Waals surface area contributed by atoms with Crippen LogP contribution in [0.15, 0.2) is 11.3 Å². The van der Waals surface area contributed by atoms with Gasteiger partial charge in [0.1, 0.15) is 0 Å². The Balaban J connectivity index is 2.52. The normalized spacial score (nSPS) is 19.5. The topological polar surface area (TPSA) is 20.2 Å². The lowest BCUT2D eigenvalue weighted by molar-refractivity contribution is 0.350. The average molecular weight is 154 g/mol. The van der Waals surface area contributed by atoms with Crippen LogP contribution < -0.4 is 0 Å². The van der Waals surface area contributed by atoms with Gasteiger partial charge in [0.15, 0.2) is 0 Å². The van der Waals surface area contributed by atoms with Gasteiger partial charge in [-0.3, -0.25) is 0 Å². The molecule has 0 aromatic heterocycles. The van der Waals surface area contributed by atoms with E-state index in [0.29, 0.717) is 11.7 Å². The zero-order chi connectivity index (χ0) is 8.27. The molecule has 1 aliphatic rings. The van der Waals surface area contributed by atoms with E-state index >= 15 is 0 Å². The highest BCUT2D eigenvalue weighted by Crippen LogP contribution is 2.27. The van der Waals surface area contributed by atoms with Crippen molar-refractivity contribution in [2.45, 2.75) is 46.0 Å². The lowest BCUT2D eigenvalue weighted by Crippen LogP contribution is -2.02. The Morgan fingerprint density at radius 1 is 1.27 bits per heavy atom. The van der Waals surface area contributed by atoms with Crippen LogP contribution in [0.5, 0.6) is 0 Å². The van der Waals surface area contributed by atoms with Crippen molar-refractivity contribution in [3.05, 3.63) is 11.3 Å². The van der Waals surface area contributed by atoms with Gasteiger partial charge in [0.2, 0.25) is 0 Å². The van der Waals surface area contributed by atoms with Crippen molar-refractivity contribution >= 4 is 0 Å². The van der Waals surface area contributed by atoms with Gasteiger partial charge in [-0.2, -0.15) is 0 Å². The first-order valence-electron chi connectivity index (χ1n) is 4.60. The summed E-state index contributed by atoms with van der Waals surface area (Å²) in [6.45, 7) is 4.41. The summed E-state index contributed by atoms with van der Waals surface area (Å²) < 4.78 is 0. The first-order valence-corrected chi connectivity index (χ1v) is 4.60. The predicted molar refractivity (Wildman–Crippen MR) is 47.6 cm³/mol. The van der Waals surface area contributed by atoms with Crippen LogP contribution in [0.25, 0.3) is 0 Å². The van der Waals surface area contributed by atoms with E-state index in [-0.39, 0.29) is 0 Å². The van der Waals surface area contributed by atoms with Gasteiger partial charge < -0.3 is 5.11 Å². The first kappa shape index (κ1) is 8.63. The van der Waals surface area contributed by atoms with E-state index in [2.05, 4.69) is 13.8 Å². The molecule has 0 amide bonds. The highest BCUT2D eigenvalue weighted by molar-refractivity contribution is 5.10. The van der Waals surface area contributed by atoms with Crippen LogP contribution >= 0.6 is 0 Å². The number of rotatable bonds is 2. The van der Waals surface area contributed by atoms with Gasteiger partial charge in [-0.1, -0.05) is 13.8 Å². The maximum Gasteiger partial charge on any atom is 0.0914 e. The van der Waals surface area contributed by atoms with Gasteiger partial charge in [-0.25, -0.2) is 0 Å². The maximum absolute atomic E-state index is 9.50. The molecule has 0 spiro atoms. The first-order chi connectivity index (χ1) is 5.20. The predicted octanol–water partition coefficient (Wildman–Crippen LogP) is 3.42.